The topological polar surface area (TPSA) is 41.6 Å². The van der Waals surface area contributed by atoms with Gasteiger partial charge < -0.3 is 9.64 Å². The molecule has 4 nitrogen and oxygen atoms in total. The summed E-state index contributed by atoms with van der Waals surface area (Å²) in [6.07, 6.45) is 2.93. The van der Waals surface area contributed by atoms with Crippen LogP contribution in [-0.2, 0) is 4.79 Å². The van der Waals surface area contributed by atoms with Gasteiger partial charge in [-0.1, -0.05) is 19.1 Å². The van der Waals surface area contributed by atoms with Crippen LogP contribution in [0, 0.1) is 0 Å². The molecule has 1 spiro atoms. The lowest BCUT2D eigenvalue weighted by Crippen LogP contribution is -2.30. The van der Waals surface area contributed by atoms with Gasteiger partial charge in [-0.15, -0.1) is 0 Å². The third-order valence-corrected chi connectivity index (χ3v) is 3.95. The second kappa shape index (κ2) is 4.53. The Hall–Kier alpha value is -1.55. The molecule has 0 aromatic heterocycles. The molecule has 1 saturated heterocycles. The van der Waals surface area contributed by atoms with E-state index >= 15 is 0 Å². The second-order valence-corrected chi connectivity index (χ2v) is 5.46. The molecule has 1 saturated carbocycles. The Kier molecular flexibility index (Phi) is 2.97. The molecular weight excluding hydrogens is 240 g/mol. The first-order valence-electron chi connectivity index (χ1n) is 6.94. The Morgan fingerprint density at radius 3 is 2.58 bits per heavy atom. The summed E-state index contributed by atoms with van der Waals surface area (Å²) in [5.74, 6) is 1.11. The summed E-state index contributed by atoms with van der Waals surface area (Å²) >= 11 is 0. The van der Waals surface area contributed by atoms with Gasteiger partial charge in [0.25, 0.3) is 0 Å². The summed E-state index contributed by atoms with van der Waals surface area (Å²) in [5.41, 5.74) is 0.861. The predicted molar refractivity (Wildman–Crippen MR) is 72.8 cm³/mol. The molecule has 1 atom stereocenters. The number of nitrogens with one attached hydrogen (secondary N) is 1. The van der Waals surface area contributed by atoms with Crippen molar-refractivity contribution < 1.29 is 9.53 Å². The maximum Gasteiger partial charge on any atom is 0.244 e. The SMILES string of the molecule is CCCOc1ccc(C2NC3(CC3)C(=O)N2C)cc1. The fourth-order valence-corrected chi connectivity index (χ4v) is 2.63. The smallest absolute Gasteiger partial charge is 0.244 e. The fourth-order valence-electron chi connectivity index (χ4n) is 2.63. The zero-order chi connectivity index (χ0) is 13.5. The van der Waals surface area contributed by atoms with Crippen LogP contribution < -0.4 is 10.1 Å². The zero-order valence-electron chi connectivity index (χ0n) is 11.5. The number of benzene rings is 1. The molecule has 4 heteroatoms. The summed E-state index contributed by atoms with van der Waals surface area (Å²) in [6.45, 7) is 2.83. The molecule has 1 heterocycles. The maximum atomic E-state index is 12.1. The maximum absolute atomic E-state index is 12.1. The van der Waals surface area contributed by atoms with E-state index in [1.807, 2.05) is 36.2 Å². The van der Waals surface area contributed by atoms with Gasteiger partial charge in [0.05, 0.1) is 6.61 Å². The monoisotopic (exact) mass is 260 g/mol. The van der Waals surface area contributed by atoms with Gasteiger partial charge in [0.2, 0.25) is 5.91 Å². The number of amides is 1. The van der Waals surface area contributed by atoms with Gasteiger partial charge in [0, 0.05) is 7.05 Å². The number of rotatable bonds is 4. The van der Waals surface area contributed by atoms with E-state index in [1.54, 1.807) is 0 Å². The van der Waals surface area contributed by atoms with Crippen LogP contribution in [0.4, 0.5) is 0 Å². The number of hydrogen-bond donors (Lipinski definition) is 1. The quantitative estimate of drug-likeness (QED) is 0.901. The number of carbonyl (C=O) groups excluding carboxylic acids is 1. The minimum absolute atomic E-state index is 0.00442. The number of ether oxygens (including phenoxy) is 1. The van der Waals surface area contributed by atoms with Crippen LogP contribution in [0.2, 0.25) is 0 Å². The molecule has 2 aliphatic rings. The van der Waals surface area contributed by atoms with Crippen LogP contribution >= 0.6 is 0 Å². The summed E-state index contributed by atoms with van der Waals surface area (Å²) in [6, 6.07) is 8.02. The number of carbonyl (C=O) groups is 1. The Labute approximate surface area is 113 Å². The summed E-state index contributed by atoms with van der Waals surface area (Å²) in [7, 11) is 1.87. The lowest BCUT2D eigenvalue weighted by atomic mass is 10.1. The first-order valence-corrected chi connectivity index (χ1v) is 6.94. The van der Waals surface area contributed by atoms with E-state index < -0.39 is 0 Å². The number of nitrogens with zero attached hydrogens (tertiary/aromatic N) is 1. The molecule has 1 N–H and O–H groups in total. The van der Waals surface area contributed by atoms with Gasteiger partial charge in [-0.05, 0) is 37.0 Å². The van der Waals surface area contributed by atoms with Crippen molar-refractivity contribution in [3.05, 3.63) is 29.8 Å². The molecule has 3 rings (SSSR count). The molecule has 1 aromatic carbocycles. The van der Waals surface area contributed by atoms with Crippen molar-refractivity contribution in [1.29, 1.82) is 0 Å². The third kappa shape index (κ3) is 2.10. The van der Waals surface area contributed by atoms with Crippen molar-refractivity contribution in [3.63, 3.8) is 0 Å². The van der Waals surface area contributed by atoms with Crippen LogP contribution in [0.25, 0.3) is 0 Å². The minimum atomic E-state index is -0.253. The van der Waals surface area contributed by atoms with Crippen molar-refractivity contribution in [1.82, 2.24) is 10.2 Å². The van der Waals surface area contributed by atoms with Crippen molar-refractivity contribution in [2.45, 2.75) is 37.9 Å². The zero-order valence-corrected chi connectivity index (χ0v) is 11.5. The van der Waals surface area contributed by atoms with Crippen LogP contribution in [0.5, 0.6) is 5.75 Å². The van der Waals surface area contributed by atoms with E-state index in [0.29, 0.717) is 0 Å². The molecule has 2 fully saturated rings. The Morgan fingerprint density at radius 1 is 1.37 bits per heavy atom. The molecule has 102 valence electrons. The standard InChI is InChI=1S/C15H20N2O2/c1-3-10-19-12-6-4-11(5-7-12)13-16-15(8-9-15)14(18)17(13)2/h4-7,13,16H,3,8-10H2,1-2H3. The average molecular weight is 260 g/mol. The molecule has 1 aliphatic carbocycles. The number of likely N-dealkylation sites (N-methyl/N-ethyl adjacent to an activating group) is 1. The Morgan fingerprint density at radius 2 is 2.05 bits per heavy atom. The molecule has 0 radical (unpaired) electrons. The van der Waals surface area contributed by atoms with Gasteiger partial charge in [-0.2, -0.15) is 0 Å². The van der Waals surface area contributed by atoms with Crippen molar-refractivity contribution >= 4 is 5.91 Å². The molecule has 1 aromatic rings. The van der Waals surface area contributed by atoms with Gasteiger partial charge >= 0.3 is 0 Å². The van der Waals surface area contributed by atoms with Crippen LogP contribution in [0.15, 0.2) is 24.3 Å². The van der Waals surface area contributed by atoms with Crippen molar-refractivity contribution in [3.8, 4) is 5.75 Å². The van der Waals surface area contributed by atoms with E-state index in [9.17, 15) is 4.79 Å². The van der Waals surface area contributed by atoms with Crippen LogP contribution in [-0.4, -0.2) is 30.0 Å². The first-order chi connectivity index (χ1) is 9.16. The lowest BCUT2D eigenvalue weighted by Gasteiger charge is -2.20. The first kappa shape index (κ1) is 12.5. The van der Waals surface area contributed by atoms with Gasteiger partial charge in [-0.3, -0.25) is 10.1 Å². The highest BCUT2D eigenvalue weighted by Crippen LogP contribution is 2.45. The van der Waals surface area contributed by atoms with Crippen molar-refractivity contribution in [2.24, 2.45) is 0 Å². The highest BCUT2D eigenvalue weighted by atomic mass is 16.5. The van der Waals surface area contributed by atoms with E-state index in [0.717, 1.165) is 37.2 Å². The molecule has 19 heavy (non-hydrogen) atoms. The molecule has 1 unspecified atom stereocenters. The normalized spacial score (nSPS) is 24.0. The lowest BCUT2D eigenvalue weighted by molar-refractivity contribution is -0.129. The van der Waals surface area contributed by atoms with Crippen LogP contribution in [0.1, 0.15) is 37.9 Å². The second-order valence-electron chi connectivity index (χ2n) is 5.46. The largest absolute Gasteiger partial charge is 0.494 e. The molecular formula is C15H20N2O2. The highest BCUT2D eigenvalue weighted by Gasteiger charge is 2.58. The van der Waals surface area contributed by atoms with Gasteiger partial charge in [-0.25, -0.2) is 0 Å². The van der Waals surface area contributed by atoms with Crippen LogP contribution in [0.3, 0.4) is 0 Å². The van der Waals surface area contributed by atoms with E-state index in [4.69, 9.17) is 4.74 Å². The Balaban J connectivity index is 1.74. The summed E-state index contributed by atoms with van der Waals surface area (Å²) in [5, 5.41) is 3.46. The van der Waals surface area contributed by atoms with Crippen molar-refractivity contribution in [2.75, 3.05) is 13.7 Å². The van der Waals surface area contributed by atoms with E-state index in [1.165, 1.54) is 0 Å². The highest BCUT2D eigenvalue weighted by molar-refractivity contribution is 5.91. The summed E-state index contributed by atoms with van der Waals surface area (Å²) < 4.78 is 5.57. The molecule has 1 amide bonds. The number of hydrogen-bond acceptors (Lipinski definition) is 3. The van der Waals surface area contributed by atoms with E-state index in [-0.39, 0.29) is 17.6 Å². The predicted octanol–water partition coefficient (Wildman–Crippen LogP) is 2.07. The third-order valence-electron chi connectivity index (χ3n) is 3.95. The van der Waals surface area contributed by atoms with Gasteiger partial charge in [0.15, 0.2) is 0 Å². The minimum Gasteiger partial charge on any atom is -0.494 e. The summed E-state index contributed by atoms with van der Waals surface area (Å²) in [4.78, 5) is 13.9. The van der Waals surface area contributed by atoms with Gasteiger partial charge in [0.1, 0.15) is 17.5 Å². The Bertz CT molecular complexity index is 479. The molecule has 1 aliphatic heterocycles. The fraction of sp³-hybridized carbons (Fsp3) is 0.533. The van der Waals surface area contributed by atoms with E-state index in [2.05, 4.69) is 12.2 Å². The molecule has 0 bridgehead atoms. The average Bonchev–Trinajstić information content (AvgIpc) is 3.18.